The number of benzene rings is 2. The summed E-state index contributed by atoms with van der Waals surface area (Å²) >= 11 is 0. The normalized spacial score (nSPS) is 20.2. The molecule has 0 radical (unpaired) electrons. The zero-order valence-electron chi connectivity index (χ0n) is 20.0. The van der Waals surface area contributed by atoms with Gasteiger partial charge in [0.25, 0.3) is 0 Å². The molecule has 0 unspecified atom stereocenters. The Morgan fingerprint density at radius 1 is 0.972 bits per heavy atom. The summed E-state index contributed by atoms with van der Waals surface area (Å²) in [7, 11) is 0. The molecule has 3 atom stereocenters. The van der Waals surface area contributed by atoms with Gasteiger partial charge in [-0.3, -0.25) is 4.79 Å². The van der Waals surface area contributed by atoms with Gasteiger partial charge in [-0.2, -0.15) is 0 Å². The molecule has 1 heterocycles. The van der Waals surface area contributed by atoms with Crippen molar-refractivity contribution in [3.63, 3.8) is 0 Å². The van der Waals surface area contributed by atoms with Crippen molar-refractivity contribution < 1.29 is 39.9 Å². The molecule has 1 aliphatic heterocycles. The van der Waals surface area contributed by atoms with Gasteiger partial charge in [0.1, 0.15) is 17.7 Å². The van der Waals surface area contributed by atoms with Crippen molar-refractivity contribution in [2.75, 3.05) is 33.0 Å². The fourth-order valence-electron chi connectivity index (χ4n) is 4.02. The Hall–Kier alpha value is -2.86. The SMILES string of the molecule is O=C(NCCc1ccc(Cc2cccc([C@H]3CC(=O)[C@H](O)[C@@H](CO)O3)c2)cc1)NC(CO)(CO)CO. The van der Waals surface area contributed by atoms with Crippen LogP contribution < -0.4 is 10.6 Å². The van der Waals surface area contributed by atoms with Crippen LogP contribution in [0.5, 0.6) is 0 Å². The number of aliphatic hydroxyl groups is 5. The van der Waals surface area contributed by atoms with E-state index in [1.165, 1.54) is 0 Å². The minimum Gasteiger partial charge on any atom is -0.394 e. The van der Waals surface area contributed by atoms with Crippen LogP contribution in [0.2, 0.25) is 0 Å². The van der Waals surface area contributed by atoms with Crippen molar-refractivity contribution in [2.45, 2.75) is 43.1 Å². The molecule has 0 saturated carbocycles. The van der Waals surface area contributed by atoms with E-state index in [1.54, 1.807) is 0 Å². The summed E-state index contributed by atoms with van der Waals surface area (Å²) < 4.78 is 5.73. The molecule has 10 heteroatoms. The van der Waals surface area contributed by atoms with Crippen LogP contribution in [0, 0.1) is 0 Å². The molecular weight excluding hydrogens is 468 g/mol. The van der Waals surface area contributed by atoms with Crippen LogP contribution in [0.4, 0.5) is 4.79 Å². The number of carbonyl (C=O) groups is 2. The van der Waals surface area contributed by atoms with E-state index in [2.05, 4.69) is 10.6 Å². The molecule has 1 aliphatic rings. The second-order valence-electron chi connectivity index (χ2n) is 9.08. The van der Waals surface area contributed by atoms with Crippen LogP contribution in [0.3, 0.4) is 0 Å². The lowest BCUT2D eigenvalue weighted by atomic mass is 9.93. The molecule has 196 valence electrons. The first-order valence-electron chi connectivity index (χ1n) is 11.9. The van der Waals surface area contributed by atoms with E-state index in [9.17, 15) is 35.1 Å². The van der Waals surface area contributed by atoms with Crippen molar-refractivity contribution in [1.29, 1.82) is 0 Å². The Morgan fingerprint density at radius 2 is 1.64 bits per heavy atom. The number of hydrogen-bond acceptors (Lipinski definition) is 8. The van der Waals surface area contributed by atoms with Crippen molar-refractivity contribution in [3.05, 3.63) is 70.8 Å². The molecule has 2 aromatic carbocycles. The number of aliphatic hydroxyl groups excluding tert-OH is 5. The van der Waals surface area contributed by atoms with Gasteiger partial charge in [0.05, 0.1) is 32.5 Å². The molecule has 1 fully saturated rings. The van der Waals surface area contributed by atoms with Crippen molar-refractivity contribution in [2.24, 2.45) is 0 Å². The Morgan fingerprint density at radius 3 is 2.28 bits per heavy atom. The molecule has 0 spiro atoms. The van der Waals surface area contributed by atoms with Crippen molar-refractivity contribution >= 4 is 11.8 Å². The van der Waals surface area contributed by atoms with E-state index in [4.69, 9.17) is 4.74 Å². The van der Waals surface area contributed by atoms with Gasteiger partial charge in [-0.25, -0.2) is 4.79 Å². The van der Waals surface area contributed by atoms with Gasteiger partial charge < -0.3 is 40.9 Å². The summed E-state index contributed by atoms with van der Waals surface area (Å²) in [6.45, 7) is -1.86. The summed E-state index contributed by atoms with van der Waals surface area (Å²) in [5.74, 6) is -0.340. The molecule has 0 aliphatic carbocycles. The monoisotopic (exact) mass is 502 g/mol. The molecule has 10 nitrogen and oxygen atoms in total. The van der Waals surface area contributed by atoms with E-state index in [1.807, 2.05) is 48.5 Å². The largest absolute Gasteiger partial charge is 0.394 e. The van der Waals surface area contributed by atoms with E-state index in [0.717, 1.165) is 22.3 Å². The average molecular weight is 503 g/mol. The summed E-state index contributed by atoms with van der Waals surface area (Å²) in [4.78, 5) is 24.1. The molecule has 2 aromatic rings. The minimum absolute atomic E-state index is 0.0584. The maximum absolute atomic E-state index is 12.1. The Labute approximate surface area is 209 Å². The number of rotatable bonds is 11. The van der Waals surface area contributed by atoms with Crippen LogP contribution in [-0.4, -0.2) is 88.1 Å². The number of nitrogens with one attached hydrogen (secondary N) is 2. The predicted octanol–water partition coefficient (Wildman–Crippen LogP) is -0.413. The summed E-state index contributed by atoms with van der Waals surface area (Å²) in [6, 6.07) is 15.0. The molecule has 3 rings (SSSR count). The zero-order valence-corrected chi connectivity index (χ0v) is 20.0. The highest BCUT2D eigenvalue weighted by Gasteiger charge is 2.36. The Kier molecular flexibility index (Phi) is 9.94. The van der Waals surface area contributed by atoms with E-state index < -0.39 is 56.3 Å². The first-order chi connectivity index (χ1) is 17.3. The molecule has 1 saturated heterocycles. The second kappa shape index (κ2) is 12.9. The summed E-state index contributed by atoms with van der Waals surface area (Å²) in [6.07, 6.45) is -1.45. The molecule has 2 amide bonds. The lowest BCUT2D eigenvalue weighted by Gasteiger charge is -2.32. The first kappa shape index (κ1) is 27.7. The molecular formula is C26H34N2O8. The van der Waals surface area contributed by atoms with Crippen LogP contribution in [0.15, 0.2) is 48.5 Å². The number of urea groups is 1. The van der Waals surface area contributed by atoms with Gasteiger partial charge in [-0.15, -0.1) is 0 Å². The van der Waals surface area contributed by atoms with Gasteiger partial charge in [0.2, 0.25) is 0 Å². The van der Waals surface area contributed by atoms with Gasteiger partial charge >= 0.3 is 6.03 Å². The first-order valence-corrected chi connectivity index (χ1v) is 11.9. The summed E-state index contributed by atoms with van der Waals surface area (Å²) in [5, 5.41) is 52.1. The number of ketones is 1. The van der Waals surface area contributed by atoms with Crippen molar-refractivity contribution in [1.82, 2.24) is 10.6 Å². The third-order valence-corrected chi connectivity index (χ3v) is 6.33. The zero-order chi connectivity index (χ0) is 26.1. The van der Waals surface area contributed by atoms with E-state index in [-0.39, 0.29) is 12.2 Å². The number of ether oxygens (including phenoxy) is 1. The smallest absolute Gasteiger partial charge is 0.315 e. The van der Waals surface area contributed by atoms with Gasteiger partial charge in [0.15, 0.2) is 5.78 Å². The highest BCUT2D eigenvalue weighted by Crippen LogP contribution is 2.30. The maximum Gasteiger partial charge on any atom is 0.315 e. The third kappa shape index (κ3) is 7.10. The van der Waals surface area contributed by atoms with Crippen LogP contribution in [-0.2, 0) is 22.4 Å². The highest BCUT2D eigenvalue weighted by molar-refractivity contribution is 5.84. The van der Waals surface area contributed by atoms with E-state index >= 15 is 0 Å². The Balaban J connectivity index is 1.52. The van der Waals surface area contributed by atoms with E-state index in [0.29, 0.717) is 19.4 Å². The quantitative estimate of drug-likeness (QED) is 0.218. The number of Topliss-reactive ketones (excluding diaryl/α,β-unsaturated/α-hetero) is 1. The third-order valence-electron chi connectivity index (χ3n) is 6.33. The fraction of sp³-hybridized carbons (Fsp3) is 0.462. The number of amides is 2. The Bertz CT molecular complexity index is 1000. The molecule has 0 aromatic heterocycles. The van der Waals surface area contributed by atoms with Crippen molar-refractivity contribution in [3.8, 4) is 0 Å². The van der Waals surface area contributed by atoms with Gasteiger partial charge in [-0.1, -0.05) is 48.5 Å². The number of hydrogen-bond donors (Lipinski definition) is 7. The maximum atomic E-state index is 12.1. The molecule has 36 heavy (non-hydrogen) atoms. The topological polar surface area (TPSA) is 169 Å². The number of carbonyl (C=O) groups excluding carboxylic acids is 2. The fourth-order valence-corrected chi connectivity index (χ4v) is 4.02. The van der Waals surface area contributed by atoms with Gasteiger partial charge in [0, 0.05) is 13.0 Å². The van der Waals surface area contributed by atoms with Crippen LogP contribution in [0.25, 0.3) is 0 Å². The summed E-state index contributed by atoms with van der Waals surface area (Å²) in [5.41, 5.74) is 2.46. The van der Waals surface area contributed by atoms with Crippen LogP contribution in [0.1, 0.15) is 34.8 Å². The predicted molar refractivity (Wildman–Crippen MR) is 130 cm³/mol. The highest BCUT2D eigenvalue weighted by atomic mass is 16.5. The van der Waals surface area contributed by atoms with Crippen LogP contribution >= 0.6 is 0 Å². The van der Waals surface area contributed by atoms with Gasteiger partial charge in [-0.05, 0) is 35.1 Å². The lowest BCUT2D eigenvalue weighted by Crippen LogP contribution is -2.59. The standard InChI is InChI=1S/C26H34N2O8/c29-13-23-24(34)21(33)12-22(36-23)20-3-1-2-19(11-20)10-18-6-4-17(5-7-18)8-9-27-25(35)28-26(14-30,15-31)16-32/h1-7,11,22-24,29-32,34H,8-10,12-16H2,(H2,27,28,35)/t22-,23-,24+/m1/s1. The minimum atomic E-state index is -1.47. The molecule has 7 N–H and O–H groups in total. The second-order valence-corrected chi connectivity index (χ2v) is 9.08. The average Bonchev–Trinajstić information content (AvgIpc) is 2.90. The molecule has 0 bridgehead atoms. The lowest BCUT2D eigenvalue weighted by molar-refractivity contribution is -0.164.